The quantitative estimate of drug-likeness (QED) is 0.607. The Hall–Kier alpha value is -2.71. The number of anilines is 2. The summed E-state index contributed by atoms with van der Waals surface area (Å²) in [6.45, 7) is 10.1. The summed E-state index contributed by atoms with van der Waals surface area (Å²) in [4.78, 5) is 26.5. The Bertz CT molecular complexity index is 1120. The van der Waals surface area contributed by atoms with Crippen molar-refractivity contribution in [2.45, 2.75) is 64.3 Å². The van der Waals surface area contributed by atoms with Gasteiger partial charge in [-0.15, -0.1) is 0 Å². The van der Waals surface area contributed by atoms with Crippen LogP contribution in [-0.4, -0.2) is 32.8 Å². The lowest BCUT2D eigenvalue weighted by Gasteiger charge is -2.21. The fourth-order valence-electron chi connectivity index (χ4n) is 3.99. The number of carbonyl (C=O) groups excluding carboxylic acids is 2. The first kappa shape index (κ1) is 24.9. The fraction of sp³-hybridized carbons (Fsp3) is 0.440. The molecule has 0 saturated carbocycles. The molecule has 1 unspecified atom stereocenters. The van der Waals surface area contributed by atoms with E-state index >= 15 is 0 Å². The molecule has 1 aliphatic heterocycles. The molecule has 1 heterocycles. The first-order valence-electron chi connectivity index (χ1n) is 11.3. The molecule has 0 radical (unpaired) electrons. The summed E-state index contributed by atoms with van der Waals surface area (Å²) in [5.41, 5.74) is 3.33. The first-order valence-corrected chi connectivity index (χ1v) is 12.8. The maximum Gasteiger partial charge on any atom is 0.242 e. The Morgan fingerprint density at radius 2 is 1.70 bits per heavy atom. The average Bonchev–Trinajstić information content (AvgIpc) is 3.17. The third-order valence-electron chi connectivity index (χ3n) is 5.80. The molecule has 0 spiro atoms. The number of fused-ring (bicyclic) bond motifs is 1. The van der Waals surface area contributed by atoms with E-state index in [4.69, 9.17) is 0 Å². The summed E-state index contributed by atoms with van der Waals surface area (Å²) in [5, 5.41) is 2.84. The number of carbonyl (C=O) groups is 2. The predicted octanol–water partition coefficient (Wildman–Crippen LogP) is 4.05. The molecule has 1 aliphatic rings. The number of hydrogen-bond donors (Lipinski definition) is 2. The van der Waals surface area contributed by atoms with E-state index in [0.29, 0.717) is 31.0 Å². The third kappa shape index (κ3) is 6.00. The molecule has 33 heavy (non-hydrogen) atoms. The Labute approximate surface area is 196 Å². The SMILES string of the molecule is CC(=O)N1CCc2cc(S(=O)(=O)NC(CC(C)C)C(=O)Nc3ccc(C(C)C)cc3)ccc21. The van der Waals surface area contributed by atoms with Crippen molar-refractivity contribution in [2.75, 3.05) is 16.8 Å². The van der Waals surface area contributed by atoms with Crippen molar-refractivity contribution >= 4 is 33.2 Å². The van der Waals surface area contributed by atoms with Gasteiger partial charge in [0.2, 0.25) is 21.8 Å². The van der Waals surface area contributed by atoms with Crippen molar-refractivity contribution in [1.29, 1.82) is 0 Å². The molecule has 2 amide bonds. The van der Waals surface area contributed by atoms with Gasteiger partial charge in [0.1, 0.15) is 6.04 Å². The highest BCUT2D eigenvalue weighted by Gasteiger charge is 2.29. The van der Waals surface area contributed by atoms with Crippen LogP contribution < -0.4 is 14.9 Å². The number of nitrogens with one attached hydrogen (secondary N) is 2. The molecule has 0 saturated heterocycles. The van der Waals surface area contributed by atoms with Crippen LogP contribution in [0.4, 0.5) is 11.4 Å². The minimum Gasteiger partial charge on any atom is -0.325 e. The Kier molecular flexibility index (Phi) is 7.59. The topological polar surface area (TPSA) is 95.6 Å². The van der Waals surface area contributed by atoms with E-state index in [2.05, 4.69) is 23.9 Å². The predicted molar refractivity (Wildman–Crippen MR) is 131 cm³/mol. The second-order valence-corrected chi connectivity index (χ2v) is 11.0. The van der Waals surface area contributed by atoms with Crippen molar-refractivity contribution in [3.63, 3.8) is 0 Å². The molecule has 8 heteroatoms. The minimum absolute atomic E-state index is 0.0717. The molecular formula is C25H33N3O4S. The zero-order valence-electron chi connectivity index (χ0n) is 19.9. The van der Waals surface area contributed by atoms with Gasteiger partial charge < -0.3 is 10.2 Å². The lowest BCUT2D eigenvalue weighted by atomic mass is 10.0. The van der Waals surface area contributed by atoms with Crippen molar-refractivity contribution in [3.05, 3.63) is 53.6 Å². The standard InChI is InChI=1S/C25H33N3O4S/c1-16(2)14-23(25(30)26-21-8-6-19(7-9-21)17(3)4)27-33(31,32)22-10-11-24-20(15-22)12-13-28(24)18(5)29/h6-11,15-17,23,27H,12-14H2,1-5H3,(H,26,30). The van der Waals surface area contributed by atoms with E-state index in [9.17, 15) is 18.0 Å². The van der Waals surface area contributed by atoms with Gasteiger partial charge in [-0.05, 0) is 66.1 Å². The molecule has 3 rings (SSSR count). The van der Waals surface area contributed by atoms with Gasteiger partial charge in [-0.3, -0.25) is 9.59 Å². The normalized spacial score (nSPS) is 14.5. The zero-order valence-corrected chi connectivity index (χ0v) is 20.7. The molecule has 2 N–H and O–H groups in total. The van der Waals surface area contributed by atoms with Crippen LogP contribution in [0, 0.1) is 5.92 Å². The van der Waals surface area contributed by atoms with Crippen LogP contribution in [-0.2, 0) is 26.0 Å². The lowest BCUT2D eigenvalue weighted by molar-refractivity contribution is -0.118. The number of hydrogen-bond acceptors (Lipinski definition) is 4. The maximum absolute atomic E-state index is 13.1. The van der Waals surface area contributed by atoms with Crippen LogP contribution in [0.2, 0.25) is 0 Å². The second-order valence-electron chi connectivity index (χ2n) is 9.28. The number of rotatable bonds is 8. The van der Waals surface area contributed by atoms with Crippen molar-refractivity contribution in [1.82, 2.24) is 4.72 Å². The maximum atomic E-state index is 13.1. The lowest BCUT2D eigenvalue weighted by Crippen LogP contribution is -2.44. The van der Waals surface area contributed by atoms with E-state index in [1.807, 2.05) is 38.1 Å². The summed E-state index contributed by atoms with van der Waals surface area (Å²) in [6.07, 6.45) is 0.957. The summed E-state index contributed by atoms with van der Waals surface area (Å²) >= 11 is 0. The molecule has 0 aromatic heterocycles. The second kappa shape index (κ2) is 10.1. The largest absolute Gasteiger partial charge is 0.325 e. The smallest absolute Gasteiger partial charge is 0.242 e. The highest BCUT2D eigenvalue weighted by atomic mass is 32.2. The van der Waals surface area contributed by atoms with Gasteiger partial charge in [-0.1, -0.05) is 39.8 Å². The fourth-order valence-corrected chi connectivity index (χ4v) is 5.25. The van der Waals surface area contributed by atoms with Gasteiger partial charge in [0.05, 0.1) is 4.90 Å². The van der Waals surface area contributed by atoms with E-state index in [-0.39, 0.29) is 16.7 Å². The van der Waals surface area contributed by atoms with Crippen LogP contribution in [0.25, 0.3) is 0 Å². The summed E-state index contributed by atoms with van der Waals surface area (Å²) in [5.74, 6) is 0.0204. The molecule has 7 nitrogen and oxygen atoms in total. The monoisotopic (exact) mass is 471 g/mol. The van der Waals surface area contributed by atoms with E-state index < -0.39 is 22.0 Å². The summed E-state index contributed by atoms with van der Waals surface area (Å²) in [6, 6.07) is 11.4. The van der Waals surface area contributed by atoms with Gasteiger partial charge in [-0.2, -0.15) is 4.72 Å². The van der Waals surface area contributed by atoms with Gasteiger partial charge in [-0.25, -0.2) is 8.42 Å². The zero-order chi connectivity index (χ0) is 24.3. The van der Waals surface area contributed by atoms with Crippen LogP contribution in [0.5, 0.6) is 0 Å². The van der Waals surface area contributed by atoms with E-state index in [1.165, 1.54) is 13.0 Å². The van der Waals surface area contributed by atoms with Gasteiger partial charge in [0, 0.05) is 24.8 Å². The molecule has 0 fully saturated rings. The molecule has 178 valence electrons. The third-order valence-corrected chi connectivity index (χ3v) is 7.27. The Balaban J connectivity index is 1.79. The van der Waals surface area contributed by atoms with Gasteiger partial charge >= 0.3 is 0 Å². The van der Waals surface area contributed by atoms with Gasteiger partial charge in [0.25, 0.3) is 0 Å². The number of nitrogens with zero attached hydrogens (tertiary/aromatic N) is 1. The molecule has 2 aromatic carbocycles. The van der Waals surface area contributed by atoms with Crippen LogP contribution >= 0.6 is 0 Å². The highest BCUT2D eigenvalue weighted by molar-refractivity contribution is 7.89. The summed E-state index contributed by atoms with van der Waals surface area (Å²) < 4.78 is 28.9. The molecule has 0 bridgehead atoms. The molecule has 0 aliphatic carbocycles. The van der Waals surface area contributed by atoms with E-state index in [1.54, 1.807) is 17.0 Å². The number of benzene rings is 2. The van der Waals surface area contributed by atoms with Crippen molar-refractivity contribution in [3.8, 4) is 0 Å². The van der Waals surface area contributed by atoms with Crippen molar-refractivity contribution in [2.24, 2.45) is 5.92 Å². The van der Waals surface area contributed by atoms with Crippen molar-refractivity contribution < 1.29 is 18.0 Å². The molecule has 2 aromatic rings. The number of amides is 2. The average molecular weight is 472 g/mol. The van der Waals surface area contributed by atoms with Crippen LogP contribution in [0.1, 0.15) is 58.1 Å². The molecule has 1 atom stereocenters. The molecular weight excluding hydrogens is 438 g/mol. The van der Waals surface area contributed by atoms with Gasteiger partial charge in [0.15, 0.2) is 0 Å². The Morgan fingerprint density at radius 3 is 2.27 bits per heavy atom. The van der Waals surface area contributed by atoms with E-state index in [0.717, 1.165) is 16.8 Å². The highest BCUT2D eigenvalue weighted by Crippen LogP contribution is 2.30. The Morgan fingerprint density at radius 1 is 1.03 bits per heavy atom. The minimum atomic E-state index is -3.93. The first-order chi connectivity index (χ1) is 15.5. The van der Waals surface area contributed by atoms with Crippen LogP contribution in [0.15, 0.2) is 47.4 Å². The number of sulfonamides is 1. The van der Waals surface area contributed by atoms with Crippen LogP contribution in [0.3, 0.4) is 0 Å². The summed E-state index contributed by atoms with van der Waals surface area (Å²) in [7, 11) is -3.93.